The van der Waals surface area contributed by atoms with E-state index >= 15 is 0 Å². The molecule has 0 atom stereocenters. The number of hydrogen-bond donors (Lipinski definition) is 0. The molecule has 0 heterocycles. The maximum absolute atomic E-state index is 4.70. The third-order valence-corrected chi connectivity index (χ3v) is 4.87. The molecule has 0 bridgehead atoms. The first-order chi connectivity index (χ1) is 7.01. The number of halogens is 2. The average molecular weight is 316 g/mol. The number of unbranched alkanes of at least 4 members (excludes halogenated alkanes) is 1. The van der Waals surface area contributed by atoms with Crippen LogP contribution in [0.2, 0.25) is 0 Å². The monoisotopic (exact) mass is 314 g/mol. The summed E-state index contributed by atoms with van der Waals surface area (Å²) in [6.07, 6.45) is 4.89. The molecule has 0 radical (unpaired) electrons. The van der Waals surface area contributed by atoms with Crippen molar-refractivity contribution in [1.82, 2.24) is 0 Å². The van der Waals surface area contributed by atoms with Gasteiger partial charge in [0.15, 0.2) is 0 Å². The molecular weight excluding hydrogens is 293 g/mol. The van der Waals surface area contributed by atoms with Gasteiger partial charge in [0.2, 0.25) is 0 Å². The Labute approximate surface area is 111 Å². The fourth-order valence-electron chi connectivity index (χ4n) is 1.30. The molecule has 0 rings (SSSR count). The first-order valence-corrected chi connectivity index (χ1v) is 9.54. The SMILES string of the molecule is CCCC=CP(C(C)C)C(C)C.[Cl][Ni][Cl]. The van der Waals surface area contributed by atoms with Crippen LogP contribution in [0.1, 0.15) is 47.5 Å². The Hall–Kier alpha value is 1.24. The molecule has 96 valence electrons. The van der Waals surface area contributed by atoms with Crippen LogP contribution in [0.3, 0.4) is 0 Å². The van der Waals surface area contributed by atoms with Crippen LogP contribution in [0.15, 0.2) is 11.9 Å². The van der Waals surface area contributed by atoms with E-state index in [1.54, 1.807) is 0 Å². The van der Waals surface area contributed by atoms with Crippen molar-refractivity contribution >= 4 is 28.3 Å². The van der Waals surface area contributed by atoms with E-state index in [9.17, 15) is 0 Å². The van der Waals surface area contributed by atoms with Gasteiger partial charge in [-0.15, -0.1) is 0 Å². The second kappa shape index (κ2) is 13.3. The van der Waals surface area contributed by atoms with Gasteiger partial charge in [-0.05, 0) is 17.7 Å². The molecule has 0 aromatic heterocycles. The van der Waals surface area contributed by atoms with Gasteiger partial charge < -0.3 is 0 Å². The third-order valence-electron chi connectivity index (χ3n) is 1.93. The molecule has 0 aliphatic rings. The van der Waals surface area contributed by atoms with Gasteiger partial charge in [0.1, 0.15) is 0 Å². The molecular formula is C11H23Cl2NiP. The quantitative estimate of drug-likeness (QED) is 0.433. The molecule has 0 nitrogen and oxygen atoms in total. The summed E-state index contributed by atoms with van der Waals surface area (Å²) in [5, 5.41) is 0. The first kappa shape index (κ1) is 18.6. The molecule has 0 aromatic carbocycles. The van der Waals surface area contributed by atoms with E-state index in [0.29, 0.717) is 12.7 Å². The summed E-state index contributed by atoms with van der Waals surface area (Å²) in [6, 6.07) is 0. The van der Waals surface area contributed by atoms with Crippen LogP contribution >= 0.6 is 28.3 Å². The molecule has 0 unspecified atom stereocenters. The van der Waals surface area contributed by atoms with Crippen molar-refractivity contribution in [3.05, 3.63) is 11.9 Å². The summed E-state index contributed by atoms with van der Waals surface area (Å²) in [6.45, 7) is 11.6. The molecule has 0 aromatic rings. The van der Waals surface area contributed by atoms with Crippen LogP contribution in [0.25, 0.3) is 0 Å². The Morgan fingerprint density at radius 1 is 1.13 bits per heavy atom. The summed E-state index contributed by atoms with van der Waals surface area (Å²) >= 11 is 0.569. The van der Waals surface area contributed by atoms with E-state index < -0.39 is 0 Å². The van der Waals surface area contributed by atoms with Crippen LogP contribution in [0.4, 0.5) is 0 Å². The predicted molar refractivity (Wildman–Crippen MR) is 72.9 cm³/mol. The molecule has 0 saturated heterocycles. The summed E-state index contributed by atoms with van der Waals surface area (Å²) in [7, 11) is 9.53. The zero-order valence-corrected chi connectivity index (χ0v) is 13.6. The topological polar surface area (TPSA) is 0 Å². The van der Waals surface area contributed by atoms with Gasteiger partial charge >= 0.3 is 33.0 Å². The predicted octanol–water partition coefficient (Wildman–Crippen LogP) is 5.98. The van der Waals surface area contributed by atoms with Crippen LogP contribution < -0.4 is 0 Å². The summed E-state index contributed by atoms with van der Waals surface area (Å²) in [5.74, 6) is 2.47. The molecule has 0 saturated carbocycles. The zero-order valence-electron chi connectivity index (χ0n) is 10.2. The molecule has 0 aliphatic heterocycles. The maximum atomic E-state index is 4.70. The van der Waals surface area contributed by atoms with E-state index in [2.05, 4.69) is 46.5 Å². The third kappa shape index (κ3) is 13.2. The van der Waals surface area contributed by atoms with Gasteiger partial charge in [0.05, 0.1) is 0 Å². The van der Waals surface area contributed by atoms with Crippen molar-refractivity contribution in [3.63, 3.8) is 0 Å². The summed E-state index contributed by atoms with van der Waals surface area (Å²) < 4.78 is 0. The van der Waals surface area contributed by atoms with Gasteiger partial charge in [-0.1, -0.05) is 60.9 Å². The van der Waals surface area contributed by atoms with Gasteiger partial charge in [-0.2, -0.15) is 0 Å². The fourth-order valence-corrected chi connectivity index (χ4v) is 3.58. The van der Waals surface area contributed by atoms with E-state index in [-0.39, 0.29) is 7.92 Å². The molecule has 0 aliphatic carbocycles. The molecule has 0 fully saturated rings. The minimum absolute atomic E-state index is 0.129. The van der Waals surface area contributed by atoms with E-state index in [1.165, 1.54) is 12.8 Å². The summed E-state index contributed by atoms with van der Waals surface area (Å²) in [4.78, 5) is 0. The van der Waals surface area contributed by atoms with Crippen molar-refractivity contribution in [1.29, 1.82) is 0 Å². The van der Waals surface area contributed by atoms with Crippen molar-refractivity contribution in [2.75, 3.05) is 0 Å². The molecule has 4 heteroatoms. The molecule has 15 heavy (non-hydrogen) atoms. The van der Waals surface area contributed by atoms with Crippen LogP contribution in [-0.2, 0) is 12.7 Å². The number of hydrogen-bond acceptors (Lipinski definition) is 0. The van der Waals surface area contributed by atoms with Crippen molar-refractivity contribution < 1.29 is 12.7 Å². The van der Waals surface area contributed by atoms with Crippen LogP contribution in [0.5, 0.6) is 0 Å². The average Bonchev–Trinajstić information content (AvgIpc) is 2.12. The van der Waals surface area contributed by atoms with Crippen molar-refractivity contribution in [2.45, 2.75) is 58.8 Å². The Balaban J connectivity index is 0. The van der Waals surface area contributed by atoms with Crippen LogP contribution in [0, 0.1) is 0 Å². The normalized spacial score (nSPS) is 11.6. The molecule has 0 spiro atoms. The van der Waals surface area contributed by atoms with Crippen molar-refractivity contribution in [3.8, 4) is 0 Å². The zero-order chi connectivity index (χ0) is 12.3. The first-order valence-electron chi connectivity index (χ1n) is 5.27. The minimum atomic E-state index is 0.129. The van der Waals surface area contributed by atoms with E-state index in [1.807, 2.05) is 0 Å². The van der Waals surface area contributed by atoms with Gasteiger partial charge in [0.25, 0.3) is 0 Å². The van der Waals surface area contributed by atoms with Gasteiger partial charge in [0, 0.05) is 0 Å². The molecule has 0 N–H and O–H groups in total. The molecule has 0 amide bonds. The van der Waals surface area contributed by atoms with Crippen LogP contribution in [-0.4, -0.2) is 11.3 Å². The van der Waals surface area contributed by atoms with Crippen molar-refractivity contribution in [2.24, 2.45) is 0 Å². The van der Waals surface area contributed by atoms with E-state index in [4.69, 9.17) is 20.4 Å². The fraction of sp³-hybridized carbons (Fsp3) is 0.818. The summed E-state index contributed by atoms with van der Waals surface area (Å²) in [5.41, 5.74) is 1.68. The Morgan fingerprint density at radius 2 is 1.53 bits per heavy atom. The van der Waals surface area contributed by atoms with Gasteiger partial charge in [-0.25, -0.2) is 0 Å². The Kier molecular flexibility index (Phi) is 16.5. The Morgan fingerprint density at radius 3 is 1.80 bits per heavy atom. The van der Waals surface area contributed by atoms with Gasteiger partial charge in [-0.3, -0.25) is 0 Å². The number of allylic oxidation sites excluding steroid dienone is 1. The Bertz CT molecular complexity index is 142. The number of rotatable bonds is 5. The van der Waals surface area contributed by atoms with E-state index in [0.717, 1.165) is 11.3 Å². The second-order valence-corrected chi connectivity index (χ2v) is 8.74. The standard InChI is InChI=1S/C11H23P.2ClH.Ni/c1-6-7-8-9-12(10(2)3)11(4)5;;;/h8-11H,6-7H2,1-5H3;2*1H;/q;;;+2/p-2. The second-order valence-electron chi connectivity index (χ2n) is 3.85.